The Hall–Kier alpha value is -2.70. The Bertz CT molecular complexity index is 670. The van der Waals surface area contributed by atoms with Crippen LogP contribution in [-0.2, 0) is 4.74 Å². The molecule has 0 aliphatic heterocycles. The zero-order chi connectivity index (χ0) is 17.6. The standard InChI is InChI=1S/C17H23N5O2/c1-17(2,3)24-16(23)20-11-12-22(4)15-19-10-7-14(21-15)13-5-8-18-9-6-13/h5-10H,11-12H2,1-4H3,(H,20,23). The number of anilines is 1. The molecule has 2 aromatic heterocycles. The highest BCUT2D eigenvalue weighted by molar-refractivity contribution is 5.67. The number of nitrogens with one attached hydrogen (secondary N) is 1. The van der Waals surface area contributed by atoms with Gasteiger partial charge in [-0.15, -0.1) is 0 Å². The smallest absolute Gasteiger partial charge is 0.407 e. The molecule has 0 spiro atoms. The molecule has 0 aliphatic carbocycles. The molecule has 7 nitrogen and oxygen atoms in total. The van der Waals surface area contributed by atoms with E-state index in [1.807, 2.05) is 50.9 Å². The van der Waals surface area contributed by atoms with Crippen LogP contribution in [0.5, 0.6) is 0 Å². The van der Waals surface area contributed by atoms with Crippen LogP contribution in [0.2, 0.25) is 0 Å². The monoisotopic (exact) mass is 329 g/mol. The molecular weight excluding hydrogens is 306 g/mol. The zero-order valence-corrected chi connectivity index (χ0v) is 14.5. The average Bonchev–Trinajstić information content (AvgIpc) is 2.54. The summed E-state index contributed by atoms with van der Waals surface area (Å²) in [5.41, 5.74) is 1.31. The van der Waals surface area contributed by atoms with Gasteiger partial charge >= 0.3 is 6.09 Å². The minimum Gasteiger partial charge on any atom is -0.444 e. The zero-order valence-electron chi connectivity index (χ0n) is 14.5. The van der Waals surface area contributed by atoms with Crippen molar-refractivity contribution in [2.24, 2.45) is 0 Å². The number of ether oxygens (including phenoxy) is 1. The SMILES string of the molecule is CN(CCNC(=O)OC(C)(C)C)c1nccc(-c2ccncc2)n1. The summed E-state index contributed by atoms with van der Waals surface area (Å²) < 4.78 is 5.20. The fourth-order valence-electron chi connectivity index (χ4n) is 1.96. The molecule has 2 rings (SSSR count). The van der Waals surface area contributed by atoms with Gasteiger partial charge in [0.15, 0.2) is 0 Å². The molecule has 0 saturated carbocycles. The molecule has 2 aromatic rings. The fourth-order valence-corrected chi connectivity index (χ4v) is 1.96. The number of nitrogens with zero attached hydrogens (tertiary/aromatic N) is 4. The quantitative estimate of drug-likeness (QED) is 0.908. The second-order valence-corrected chi connectivity index (χ2v) is 6.33. The van der Waals surface area contributed by atoms with Crippen molar-refractivity contribution in [3.8, 4) is 11.3 Å². The summed E-state index contributed by atoms with van der Waals surface area (Å²) in [6.07, 6.45) is 4.75. The molecule has 1 N–H and O–H groups in total. The summed E-state index contributed by atoms with van der Waals surface area (Å²) >= 11 is 0. The summed E-state index contributed by atoms with van der Waals surface area (Å²) in [5, 5.41) is 2.72. The maximum absolute atomic E-state index is 11.6. The van der Waals surface area contributed by atoms with Gasteiger partial charge in [0.1, 0.15) is 5.60 Å². The number of alkyl carbamates (subject to hydrolysis) is 1. The Morgan fingerprint density at radius 3 is 2.58 bits per heavy atom. The number of hydrogen-bond donors (Lipinski definition) is 1. The largest absolute Gasteiger partial charge is 0.444 e. The first kappa shape index (κ1) is 17.7. The maximum atomic E-state index is 11.6. The van der Waals surface area contributed by atoms with E-state index < -0.39 is 11.7 Å². The van der Waals surface area contributed by atoms with Crippen molar-refractivity contribution in [2.75, 3.05) is 25.0 Å². The van der Waals surface area contributed by atoms with E-state index in [1.54, 1.807) is 18.6 Å². The predicted molar refractivity (Wildman–Crippen MR) is 92.8 cm³/mol. The molecule has 0 aromatic carbocycles. The lowest BCUT2D eigenvalue weighted by Crippen LogP contribution is -2.37. The van der Waals surface area contributed by atoms with Crippen LogP contribution in [0.4, 0.5) is 10.7 Å². The Balaban J connectivity index is 1.91. The number of aromatic nitrogens is 3. The second-order valence-electron chi connectivity index (χ2n) is 6.33. The number of rotatable bonds is 5. The Morgan fingerprint density at radius 1 is 1.21 bits per heavy atom. The van der Waals surface area contributed by atoms with E-state index >= 15 is 0 Å². The van der Waals surface area contributed by atoms with Crippen molar-refractivity contribution < 1.29 is 9.53 Å². The lowest BCUT2D eigenvalue weighted by Gasteiger charge is -2.21. The van der Waals surface area contributed by atoms with Crippen molar-refractivity contribution in [3.63, 3.8) is 0 Å². The van der Waals surface area contributed by atoms with Gasteiger partial charge in [0.25, 0.3) is 0 Å². The third kappa shape index (κ3) is 5.49. The summed E-state index contributed by atoms with van der Waals surface area (Å²) in [5.74, 6) is 0.593. The predicted octanol–water partition coefficient (Wildman–Crippen LogP) is 2.50. The number of hydrogen-bond acceptors (Lipinski definition) is 6. The summed E-state index contributed by atoms with van der Waals surface area (Å²) in [6, 6.07) is 5.65. The lowest BCUT2D eigenvalue weighted by atomic mass is 10.2. The number of likely N-dealkylation sites (N-methyl/N-ethyl adjacent to an activating group) is 1. The molecule has 24 heavy (non-hydrogen) atoms. The van der Waals surface area contributed by atoms with Crippen molar-refractivity contribution in [2.45, 2.75) is 26.4 Å². The number of carbonyl (C=O) groups is 1. The Kier molecular flexibility index (Phi) is 5.68. The van der Waals surface area contributed by atoms with Crippen LogP contribution in [0.25, 0.3) is 11.3 Å². The minimum absolute atomic E-state index is 0.428. The van der Waals surface area contributed by atoms with Gasteiger partial charge in [0.05, 0.1) is 5.69 Å². The summed E-state index contributed by atoms with van der Waals surface area (Å²) in [6.45, 7) is 6.50. The number of amides is 1. The molecule has 0 bridgehead atoms. The Labute approximate surface area is 142 Å². The van der Waals surface area contributed by atoms with Crippen molar-refractivity contribution in [1.29, 1.82) is 0 Å². The van der Waals surface area contributed by atoms with Crippen LogP contribution in [0.3, 0.4) is 0 Å². The molecule has 128 valence electrons. The van der Waals surface area contributed by atoms with Crippen molar-refractivity contribution >= 4 is 12.0 Å². The third-order valence-electron chi connectivity index (χ3n) is 3.08. The third-order valence-corrected chi connectivity index (χ3v) is 3.08. The molecule has 0 aliphatic rings. The van der Waals surface area contributed by atoms with Gasteiger partial charge in [-0.2, -0.15) is 0 Å². The van der Waals surface area contributed by atoms with Gasteiger partial charge in [-0.05, 0) is 39.0 Å². The van der Waals surface area contributed by atoms with Crippen molar-refractivity contribution in [3.05, 3.63) is 36.8 Å². The topological polar surface area (TPSA) is 80.2 Å². The highest BCUT2D eigenvalue weighted by Gasteiger charge is 2.15. The van der Waals surface area contributed by atoms with Crippen LogP contribution >= 0.6 is 0 Å². The van der Waals surface area contributed by atoms with Crippen LogP contribution in [-0.4, -0.2) is 46.8 Å². The van der Waals surface area contributed by atoms with Gasteiger partial charge in [-0.3, -0.25) is 4.98 Å². The molecule has 2 heterocycles. The van der Waals surface area contributed by atoms with Crippen LogP contribution in [0, 0.1) is 0 Å². The van der Waals surface area contributed by atoms with Crippen LogP contribution < -0.4 is 10.2 Å². The van der Waals surface area contributed by atoms with E-state index in [9.17, 15) is 4.79 Å². The molecule has 0 atom stereocenters. The van der Waals surface area contributed by atoms with Gasteiger partial charge in [-0.25, -0.2) is 14.8 Å². The van der Waals surface area contributed by atoms with Gasteiger partial charge < -0.3 is 15.0 Å². The van der Waals surface area contributed by atoms with E-state index in [0.717, 1.165) is 11.3 Å². The van der Waals surface area contributed by atoms with Gasteiger partial charge in [0.2, 0.25) is 5.95 Å². The first-order valence-electron chi connectivity index (χ1n) is 7.76. The maximum Gasteiger partial charge on any atom is 0.407 e. The summed E-state index contributed by atoms with van der Waals surface area (Å²) in [7, 11) is 1.88. The minimum atomic E-state index is -0.502. The highest BCUT2D eigenvalue weighted by atomic mass is 16.6. The first-order chi connectivity index (χ1) is 11.3. The molecule has 0 radical (unpaired) electrons. The molecule has 0 unspecified atom stereocenters. The van der Waals surface area contributed by atoms with E-state index in [1.165, 1.54) is 0 Å². The Morgan fingerprint density at radius 2 is 1.92 bits per heavy atom. The molecule has 0 fully saturated rings. The average molecular weight is 329 g/mol. The molecule has 1 amide bonds. The van der Waals surface area contributed by atoms with E-state index in [2.05, 4.69) is 20.3 Å². The van der Waals surface area contributed by atoms with E-state index in [4.69, 9.17) is 4.74 Å². The highest BCUT2D eigenvalue weighted by Crippen LogP contribution is 2.17. The molecule has 0 saturated heterocycles. The second kappa shape index (κ2) is 7.72. The van der Waals surface area contributed by atoms with Crippen molar-refractivity contribution in [1.82, 2.24) is 20.3 Å². The van der Waals surface area contributed by atoms with Gasteiger partial charge in [-0.1, -0.05) is 0 Å². The molecule has 7 heteroatoms. The van der Waals surface area contributed by atoms with Crippen LogP contribution in [0.1, 0.15) is 20.8 Å². The van der Waals surface area contributed by atoms with Gasteiger partial charge in [0, 0.05) is 44.3 Å². The van der Waals surface area contributed by atoms with E-state index in [0.29, 0.717) is 19.0 Å². The normalized spacial score (nSPS) is 11.0. The molecular formula is C17H23N5O2. The lowest BCUT2D eigenvalue weighted by molar-refractivity contribution is 0.0529. The van der Waals surface area contributed by atoms with E-state index in [-0.39, 0.29) is 0 Å². The van der Waals surface area contributed by atoms with Crippen LogP contribution in [0.15, 0.2) is 36.8 Å². The number of pyridine rings is 1. The number of carbonyl (C=O) groups excluding carboxylic acids is 1. The summed E-state index contributed by atoms with van der Waals surface area (Å²) in [4.78, 5) is 26.3. The first-order valence-corrected chi connectivity index (χ1v) is 7.76. The fraction of sp³-hybridized carbons (Fsp3) is 0.412.